The van der Waals surface area contributed by atoms with E-state index in [1.807, 2.05) is 17.0 Å². The largest absolute Gasteiger partial charge is 0.370 e. The minimum Gasteiger partial charge on any atom is -0.370 e. The number of nitrogens with one attached hydrogen (secondary N) is 3. The molecule has 1 saturated heterocycles. The number of hydrogen-bond acceptors (Lipinski definition) is 7. The number of piperidine rings is 1. The van der Waals surface area contributed by atoms with Crippen LogP contribution in [0, 0.1) is 5.92 Å². The van der Waals surface area contributed by atoms with Gasteiger partial charge in [0.25, 0.3) is 5.92 Å². The lowest BCUT2D eigenvalue weighted by atomic mass is 9.85. The molecule has 2 unspecified atom stereocenters. The van der Waals surface area contributed by atoms with Crippen molar-refractivity contribution >= 4 is 17.7 Å². The minimum atomic E-state index is -2.63. The number of fused-ring (bicyclic) bond motifs is 1. The van der Waals surface area contributed by atoms with Gasteiger partial charge in [0.1, 0.15) is 5.82 Å². The third-order valence-corrected chi connectivity index (χ3v) is 8.28. The topological polar surface area (TPSA) is 95.1 Å². The molecule has 0 spiro atoms. The summed E-state index contributed by atoms with van der Waals surface area (Å²) in [6, 6.07) is 4.21. The van der Waals surface area contributed by atoms with E-state index in [0.29, 0.717) is 18.5 Å². The second kappa shape index (κ2) is 10.7. The summed E-state index contributed by atoms with van der Waals surface area (Å²) in [6.07, 6.45) is 10.5. The van der Waals surface area contributed by atoms with Gasteiger partial charge >= 0.3 is 0 Å². The van der Waals surface area contributed by atoms with Gasteiger partial charge in [0.2, 0.25) is 11.9 Å². The van der Waals surface area contributed by atoms with Crippen LogP contribution in [-0.4, -0.2) is 63.9 Å². The fourth-order valence-electron chi connectivity index (χ4n) is 5.54. The van der Waals surface area contributed by atoms with E-state index in [9.17, 15) is 13.6 Å². The normalized spacial score (nSPS) is 23.8. The Bertz CT molecular complexity index is 1130. The Morgan fingerprint density at radius 3 is 2.55 bits per heavy atom. The number of likely N-dealkylation sites (tertiary alicyclic amines) is 1. The fraction of sp³-hybridized carbons (Fsp3) is 0.643. The maximum absolute atomic E-state index is 13.9. The zero-order chi connectivity index (χ0) is 26.1. The number of pyridine rings is 1. The third kappa shape index (κ3) is 6.22. The Morgan fingerprint density at radius 1 is 1.08 bits per heavy atom. The molecule has 3 heterocycles. The van der Waals surface area contributed by atoms with E-state index in [1.54, 1.807) is 12.4 Å². The summed E-state index contributed by atoms with van der Waals surface area (Å²) in [5, 5.41) is 9.86. The van der Waals surface area contributed by atoms with Gasteiger partial charge in [0.05, 0.1) is 12.0 Å². The van der Waals surface area contributed by atoms with Gasteiger partial charge in [-0.3, -0.25) is 9.69 Å². The quantitative estimate of drug-likeness (QED) is 0.426. The number of rotatable bonds is 10. The predicted molar refractivity (Wildman–Crippen MR) is 141 cm³/mol. The van der Waals surface area contributed by atoms with Crippen LogP contribution in [0.15, 0.2) is 24.5 Å². The number of anilines is 2. The van der Waals surface area contributed by atoms with E-state index < -0.39 is 5.92 Å². The molecule has 4 aliphatic rings. The lowest BCUT2D eigenvalue weighted by Crippen LogP contribution is -2.45. The SMILES string of the molecule is O=C(NCC(c1cnc(NC2CC2)nc1)N1CCC(F)(F)CC1)C1CCCc2nc(NCC3CC3)ccc21. The van der Waals surface area contributed by atoms with Crippen molar-refractivity contribution < 1.29 is 13.6 Å². The maximum Gasteiger partial charge on any atom is 0.250 e. The Hall–Kier alpha value is -2.88. The summed E-state index contributed by atoms with van der Waals surface area (Å²) in [4.78, 5) is 29.2. The molecule has 38 heavy (non-hydrogen) atoms. The summed E-state index contributed by atoms with van der Waals surface area (Å²) in [5.74, 6) is -0.686. The second-order valence-corrected chi connectivity index (χ2v) is 11.4. The number of carbonyl (C=O) groups is 1. The Labute approximate surface area is 222 Å². The monoisotopic (exact) mass is 525 g/mol. The van der Waals surface area contributed by atoms with E-state index in [1.165, 1.54) is 12.8 Å². The molecule has 0 bridgehead atoms. The van der Waals surface area contributed by atoms with Crippen molar-refractivity contribution in [3.8, 4) is 0 Å². The Balaban J connectivity index is 1.13. The highest BCUT2D eigenvalue weighted by Gasteiger charge is 2.37. The molecule has 3 aliphatic carbocycles. The van der Waals surface area contributed by atoms with E-state index in [4.69, 9.17) is 4.98 Å². The second-order valence-electron chi connectivity index (χ2n) is 11.4. The van der Waals surface area contributed by atoms with Crippen molar-refractivity contribution in [2.45, 2.75) is 81.7 Å². The van der Waals surface area contributed by atoms with E-state index in [0.717, 1.165) is 67.2 Å². The minimum absolute atomic E-state index is 0.0354. The average Bonchev–Trinajstić information content (AvgIpc) is 3.85. The number of carbonyl (C=O) groups excluding carboxylic acids is 1. The van der Waals surface area contributed by atoms with Gasteiger partial charge in [-0.15, -0.1) is 0 Å². The van der Waals surface area contributed by atoms with Crippen molar-refractivity contribution in [1.29, 1.82) is 0 Å². The smallest absolute Gasteiger partial charge is 0.250 e. The number of aryl methyl sites for hydroxylation is 1. The predicted octanol–water partition coefficient (Wildman–Crippen LogP) is 4.28. The highest BCUT2D eigenvalue weighted by Crippen LogP contribution is 2.35. The van der Waals surface area contributed by atoms with Crippen LogP contribution >= 0.6 is 0 Å². The van der Waals surface area contributed by atoms with Crippen LogP contribution < -0.4 is 16.0 Å². The van der Waals surface area contributed by atoms with Gasteiger partial charge in [-0.1, -0.05) is 6.07 Å². The maximum atomic E-state index is 13.9. The molecule has 6 rings (SSSR count). The number of halogens is 2. The Morgan fingerprint density at radius 2 is 1.84 bits per heavy atom. The zero-order valence-corrected chi connectivity index (χ0v) is 21.8. The third-order valence-electron chi connectivity index (χ3n) is 8.28. The molecule has 2 aromatic heterocycles. The van der Waals surface area contributed by atoms with Gasteiger partial charge in [0, 0.05) is 68.7 Å². The standard InChI is InChI=1S/C28H37F2N7O/c29-28(30)10-12-37(13-11-28)24(19-15-33-27(34-16-19)35-20-6-7-20)17-32-26(38)22-2-1-3-23-21(22)8-9-25(36-23)31-14-18-4-5-18/h8-9,15-16,18,20,22,24H,1-7,10-14,17H2,(H,31,36)(H,32,38)(H,33,34,35). The summed E-state index contributed by atoms with van der Waals surface area (Å²) in [6.45, 7) is 1.81. The highest BCUT2D eigenvalue weighted by atomic mass is 19.3. The molecule has 2 aromatic rings. The van der Waals surface area contributed by atoms with Crippen LogP contribution in [0.3, 0.4) is 0 Å². The van der Waals surface area contributed by atoms with Gasteiger partial charge in [0.15, 0.2) is 0 Å². The Kier molecular flexibility index (Phi) is 7.16. The number of alkyl halides is 2. The molecule has 204 valence electrons. The van der Waals surface area contributed by atoms with Crippen LogP contribution in [0.4, 0.5) is 20.5 Å². The summed E-state index contributed by atoms with van der Waals surface area (Å²) in [7, 11) is 0. The van der Waals surface area contributed by atoms with Crippen molar-refractivity contribution in [1.82, 2.24) is 25.2 Å². The van der Waals surface area contributed by atoms with Crippen LogP contribution in [0.1, 0.15) is 80.1 Å². The van der Waals surface area contributed by atoms with Crippen molar-refractivity contribution in [2.75, 3.05) is 36.8 Å². The molecule has 0 aromatic carbocycles. The van der Waals surface area contributed by atoms with Crippen molar-refractivity contribution in [2.24, 2.45) is 5.92 Å². The molecule has 2 atom stereocenters. The van der Waals surface area contributed by atoms with Crippen LogP contribution in [0.5, 0.6) is 0 Å². The summed E-state index contributed by atoms with van der Waals surface area (Å²) >= 11 is 0. The number of nitrogens with zero attached hydrogens (tertiary/aromatic N) is 4. The zero-order valence-electron chi connectivity index (χ0n) is 21.8. The van der Waals surface area contributed by atoms with E-state index in [2.05, 4.69) is 25.9 Å². The molecule has 1 aliphatic heterocycles. The summed E-state index contributed by atoms with van der Waals surface area (Å²) < 4.78 is 27.8. The first-order valence-electron chi connectivity index (χ1n) is 14.2. The molecule has 1 amide bonds. The van der Waals surface area contributed by atoms with Gasteiger partial charge in [-0.05, 0) is 62.5 Å². The first kappa shape index (κ1) is 25.4. The first-order valence-corrected chi connectivity index (χ1v) is 14.2. The summed E-state index contributed by atoms with van der Waals surface area (Å²) in [5.41, 5.74) is 2.83. The van der Waals surface area contributed by atoms with Crippen LogP contribution in [0.2, 0.25) is 0 Å². The molecule has 10 heteroatoms. The van der Waals surface area contributed by atoms with Crippen LogP contribution in [0.25, 0.3) is 0 Å². The number of aromatic nitrogens is 3. The molecule has 8 nitrogen and oxygen atoms in total. The first-order chi connectivity index (χ1) is 18.4. The highest BCUT2D eigenvalue weighted by molar-refractivity contribution is 5.84. The average molecular weight is 526 g/mol. The van der Waals surface area contributed by atoms with E-state index in [-0.39, 0.29) is 43.8 Å². The van der Waals surface area contributed by atoms with Crippen LogP contribution in [-0.2, 0) is 11.2 Å². The lowest BCUT2D eigenvalue weighted by Gasteiger charge is -2.37. The molecule has 3 N–H and O–H groups in total. The van der Waals surface area contributed by atoms with Gasteiger partial charge < -0.3 is 16.0 Å². The van der Waals surface area contributed by atoms with Crippen molar-refractivity contribution in [3.63, 3.8) is 0 Å². The number of hydrogen-bond donors (Lipinski definition) is 3. The molecule has 2 saturated carbocycles. The number of amides is 1. The van der Waals surface area contributed by atoms with Gasteiger partial charge in [-0.25, -0.2) is 23.7 Å². The lowest BCUT2D eigenvalue weighted by molar-refractivity contribution is -0.123. The molecule has 3 fully saturated rings. The van der Waals surface area contributed by atoms with Gasteiger partial charge in [-0.2, -0.15) is 0 Å². The fourth-order valence-corrected chi connectivity index (χ4v) is 5.54. The van der Waals surface area contributed by atoms with Crippen molar-refractivity contribution in [3.05, 3.63) is 41.3 Å². The molecule has 0 radical (unpaired) electrons. The molecular formula is C28H37F2N7O. The van der Waals surface area contributed by atoms with E-state index >= 15 is 0 Å². The molecular weight excluding hydrogens is 488 g/mol.